The maximum atomic E-state index is 14.2. The third kappa shape index (κ3) is 15.0. The number of anilines is 5. The van der Waals surface area contributed by atoms with Crippen LogP contribution < -0.4 is 66.4 Å². The Labute approximate surface area is 526 Å². The maximum Gasteiger partial charge on any atom is 0.411 e. The highest BCUT2D eigenvalue weighted by atomic mass is 16.5. The molecule has 0 spiro atoms. The first-order valence-corrected chi connectivity index (χ1v) is 30.3. The number of amides is 8. The molecular formula is C68H74N10O13. The number of rotatable bonds is 25. The number of para-hydroxylation sites is 2. The van der Waals surface area contributed by atoms with Crippen LogP contribution in [0.1, 0.15) is 102 Å². The zero-order valence-corrected chi connectivity index (χ0v) is 51.5. The van der Waals surface area contributed by atoms with Gasteiger partial charge in [0.25, 0.3) is 11.8 Å². The molecule has 4 aliphatic heterocycles. The van der Waals surface area contributed by atoms with Crippen molar-refractivity contribution in [3.05, 3.63) is 154 Å². The number of benzene rings is 6. The van der Waals surface area contributed by atoms with Gasteiger partial charge in [0.05, 0.1) is 48.8 Å². The highest BCUT2D eigenvalue weighted by Crippen LogP contribution is 2.43. The highest BCUT2D eigenvalue weighted by molar-refractivity contribution is 6.15. The number of nitrogens with two attached hydrogens (primary N) is 1. The third-order valence-corrected chi connectivity index (χ3v) is 16.3. The van der Waals surface area contributed by atoms with Crippen molar-refractivity contribution < 1.29 is 62.0 Å². The normalized spacial score (nSPS) is 15.6. The lowest BCUT2D eigenvalue weighted by atomic mass is 10.0. The molecule has 0 fully saturated rings. The lowest BCUT2D eigenvalue weighted by Crippen LogP contribution is -2.54. The topological polar surface area (TPSA) is 300 Å². The number of hydrogen-bond donors (Lipinski definition) is 7. The van der Waals surface area contributed by atoms with Gasteiger partial charge in [-0.15, -0.1) is 0 Å². The minimum absolute atomic E-state index is 0.0233. The van der Waals surface area contributed by atoms with Crippen LogP contribution in [0.25, 0.3) is 0 Å². The minimum atomic E-state index is -1.10. The van der Waals surface area contributed by atoms with E-state index in [0.717, 1.165) is 22.5 Å². The fraction of sp³-hybridized carbons (Fsp3) is 0.338. The van der Waals surface area contributed by atoms with Crippen LogP contribution in [0.5, 0.6) is 23.0 Å². The first-order valence-electron chi connectivity index (χ1n) is 30.3. The Morgan fingerprint density at radius 3 is 1.96 bits per heavy atom. The Morgan fingerprint density at radius 1 is 0.659 bits per heavy atom. The second kappa shape index (κ2) is 28.4. The van der Waals surface area contributed by atoms with E-state index in [4.69, 9.17) is 34.4 Å². The van der Waals surface area contributed by atoms with Gasteiger partial charge in [0.15, 0.2) is 23.0 Å². The molecule has 0 bridgehead atoms. The van der Waals surface area contributed by atoms with Crippen molar-refractivity contribution in [1.82, 2.24) is 16.0 Å². The van der Waals surface area contributed by atoms with Crippen LogP contribution in [-0.2, 0) is 56.6 Å². The summed E-state index contributed by atoms with van der Waals surface area (Å²) in [6.07, 6.45) is 2.64. The van der Waals surface area contributed by atoms with Gasteiger partial charge in [0.2, 0.25) is 17.7 Å². The van der Waals surface area contributed by atoms with Gasteiger partial charge in [0.1, 0.15) is 37.7 Å². The monoisotopic (exact) mass is 1240 g/mol. The highest BCUT2D eigenvalue weighted by Gasteiger charge is 2.39. The lowest BCUT2D eigenvalue weighted by molar-refractivity contribution is -0.132. The van der Waals surface area contributed by atoms with Crippen molar-refractivity contribution >= 4 is 87.8 Å². The summed E-state index contributed by atoms with van der Waals surface area (Å²) in [5.74, 6) is -1.37. The molecule has 4 heterocycles. The smallest absolute Gasteiger partial charge is 0.411 e. The number of Topliss-reactive ketones (excluding diaryl/α,β-unsaturated/α-hetero) is 1. The van der Waals surface area contributed by atoms with E-state index in [0.29, 0.717) is 93.0 Å². The van der Waals surface area contributed by atoms with Crippen LogP contribution in [0.3, 0.4) is 0 Å². The van der Waals surface area contributed by atoms with Gasteiger partial charge in [-0.1, -0.05) is 76.2 Å². The largest absolute Gasteiger partial charge is 0.493 e. The molecule has 23 nitrogen and oxygen atoms in total. The molecule has 0 unspecified atom stereocenters. The van der Waals surface area contributed by atoms with E-state index in [1.54, 1.807) is 99.5 Å². The number of urea groups is 1. The Hall–Kier alpha value is -10.5. The lowest BCUT2D eigenvalue weighted by Gasteiger charge is -2.25. The van der Waals surface area contributed by atoms with E-state index in [9.17, 15) is 38.4 Å². The number of hydrogen-bond acceptors (Lipinski definition) is 15. The number of nitrogens with one attached hydrogen (secondary N) is 6. The molecular weight excluding hydrogens is 1160 g/mol. The number of nitrogens with zero attached hydrogens (tertiary/aromatic N) is 3. The molecule has 8 amide bonds. The number of fused-ring (bicyclic) bond motifs is 8. The summed E-state index contributed by atoms with van der Waals surface area (Å²) in [6.45, 7) is 7.39. The van der Waals surface area contributed by atoms with Crippen molar-refractivity contribution in [2.45, 2.75) is 110 Å². The van der Waals surface area contributed by atoms with Crippen molar-refractivity contribution in [3.63, 3.8) is 0 Å². The van der Waals surface area contributed by atoms with E-state index in [1.165, 1.54) is 14.2 Å². The fourth-order valence-corrected chi connectivity index (χ4v) is 11.5. The summed E-state index contributed by atoms with van der Waals surface area (Å²) in [7, 11) is 2.99. The van der Waals surface area contributed by atoms with Gasteiger partial charge in [-0.2, -0.15) is 0 Å². The molecule has 0 radical (unpaired) electrons. The molecule has 10 rings (SSSR count). The first-order chi connectivity index (χ1) is 43.8. The summed E-state index contributed by atoms with van der Waals surface area (Å²) in [5.41, 5.74) is 13.4. The van der Waals surface area contributed by atoms with Crippen LogP contribution in [-0.4, -0.2) is 105 Å². The van der Waals surface area contributed by atoms with Gasteiger partial charge >= 0.3 is 12.1 Å². The summed E-state index contributed by atoms with van der Waals surface area (Å²) in [6, 6.07) is 31.1. The standard InChI is InChI=1S/C68H74N10O13/c1-38(2)56(79)21-22-61(80)76-62(39(3)4)64(82)75-51(14-11-23-70-67(69)85)63(81)73-45-19-17-40(18-20-45)35-91-68(86)74-46-25-41(36-89-59-31-52-49(29-57(59)87-5)65(83)77-47(33-71-52)27-43-12-7-9-15-54(43)77)24-42(26-46)37-90-60-32-53-50(30-58(60)88-6)66(84)78-48(34-72-53)28-44-13-8-10-16-55(44)78/h7-10,12-13,15-20,24-26,29-33,38-39,47-48,51,62,72H,11,14,21-23,27-28,34-37H2,1-6H3,(H,73,81)(H,74,86)(H,75,82)(H,76,80)(H3,69,70,85)/t47-,48-,51-,62-/m0/s1. The van der Waals surface area contributed by atoms with Gasteiger partial charge in [-0.05, 0) is 108 Å². The summed E-state index contributed by atoms with van der Waals surface area (Å²) in [4.78, 5) is 114. The fourth-order valence-electron chi connectivity index (χ4n) is 11.5. The van der Waals surface area contributed by atoms with Gasteiger partial charge in [0, 0.05) is 79.4 Å². The first kappa shape index (κ1) is 63.6. The van der Waals surface area contributed by atoms with E-state index >= 15 is 0 Å². The average molecular weight is 1240 g/mol. The van der Waals surface area contributed by atoms with Crippen LogP contribution in [0.4, 0.5) is 43.7 Å². The quantitative estimate of drug-likeness (QED) is 0.0263. The van der Waals surface area contributed by atoms with E-state index in [1.807, 2.05) is 59.5 Å². The molecule has 0 saturated carbocycles. The molecule has 8 N–H and O–H groups in total. The zero-order valence-electron chi connectivity index (χ0n) is 51.5. The van der Waals surface area contributed by atoms with Crippen molar-refractivity contribution in [1.29, 1.82) is 0 Å². The summed E-state index contributed by atoms with van der Waals surface area (Å²) >= 11 is 0. The molecule has 4 atom stereocenters. The second-order valence-corrected chi connectivity index (χ2v) is 23.4. The number of primary amides is 1. The van der Waals surface area contributed by atoms with E-state index < -0.39 is 41.9 Å². The van der Waals surface area contributed by atoms with E-state index in [-0.39, 0.29) is 93.6 Å². The van der Waals surface area contributed by atoms with Crippen LogP contribution in [0.15, 0.2) is 120 Å². The summed E-state index contributed by atoms with van der Waals surface area (Å²) < 4.78 is 30.2. The van der Waals surface area contributed by atoms with Crippen LogP contribution >= 0.6 is 0 Å². The molecule has 6 aromatic carbocycles. The molecule has 474 valence electrons. The van der Waals surface area contributed by atoms with Crippen molar-refractivity contribution in [2.75, 3.05) is 53.1 Å². The Balaban J connectivity index is 0.828. The number of ether oxygens (including phenoxy) is 5. The van der Waals surface area contributed by atoms with Gasteiger partial charge in [-0.25, -0.2) is 9.59 Å². The molecule has 23 heteroatoms. The number of carbonyl (C=O) groups excluding carboxylic acids is 8. The van der Waals surface area contributed by atoms with E-state index in [2.05, 4.69) is 31.9 Å². The van der Waals surface area contributed by atoms with Crippen LogP contribution in [0.2, 0.25) is 0 Å². The van der Waals surface area contributed by atoms with Crippen molar-refractivity contribution in [2.24, 2.45) is 22.6 Å². The molecule has 91 heavy (non-hydrogen) atoms. The third-order valence-electron chi connectivity index (χ3n) is 16.3. The second-order valence-electron chi connectivity index (χ2n) is 23.4. The zero-order chi connectivity index (χ0) is 64.5. The number of carbonyl (C=O) groups is 8. The number of aliphatic imine (C=N–C) groups is 1. The SMILES string of the molecule is COc1cc2c(cc1OCc1cc(COc3cc4c(cc3OC)C(=O)N3c5ccccc5C[C@H]3CN4)cc(NC(=O)OCc3ccc(NC(=O)[C@H](CCCNC(N)=O)NC(=O)[C@@H](NC(=O)CCC(=O)C(C)C)C(C)C)cc3)c1)N=C[C@@H]1Cc3ccccc3N1C2=O. The van der Waals surface area contributed by atoms with Gasteiger partial charge < -0.3 is 60.9 Å². The Kier molecular flexibility index (Phi) is 19.8. The minimum Gasteiger partial charge on any atom is -0.493 e. The van der Waals surface area contributed by atoms with Crippen molar-refractivity contribution in [3.8, 4) is 23.0 Å². The van der Waals surface area contributed by atoms with Crippen LogP contribution in [0, 0.1) is 11.8 Å². The molecule has 6 aromatic rings. The van der Waals surface area contributed by atoms with Gasteiger partial charge in [-0.3, -0.25) is 44.0 Å². The number of methoxy groups -OCH3 is 2. The Morgan fingerprint density at radius 2 is 1.30 bits per heavy atom. The Bertz CT molecular complexity index is 3810. The predicted octanol–water partition coefficient (Wildman–Crippen LogP) is 8.91. The molecule has 0 aliphatic carbocycles. The summed E-state index contributed by atoms with van der Waals surface area (Å²) in [5, 5.41) is 17.0. The molecule has 4 aliphatic rings. The maximum absolute atomic E-state index is 14.2. The molecule has 0 saturated heterocycles. The number of ketones is 1. The predicted molar refractivity (Wildman–Crippen MR) is 343 cm³/mol. The average Bonchev–Trinajstić information content (AvgIpc) is 1.69. The molecule has 0 aromatic heterocycles.